The Balaban J connectivity index is 2.04. The summed E-state index contributed by atoms with van der Waals surface area (Å²) >= 11 is 0. The van der Waals surface area contributed by atoms with Gasteiger partial charge in [-0.05, 0) is 18.8 Å². The van der Waals surface area contributed by atoms with E-state index < -0.39 is 22.7 Å². The first-order valence-electron chi connectivity index (χ1n) is 6.89. The van der Waals surface area contributed by atoms with Gasteiger partial charge in [0.15, 0.2) is 0 Å². The summed E-state index contributed by atoms with van der Waals surface area (Å²) in [5.41, 5.74) is 0. The Hall–Kier alpha value is -0.910. The Morgan fingerprint density at radius 2 is 1.79 bits per heavy atom. The van der Waals surface area contributed by atoms with E-state index in [1.165, 1.54) is 0 Å². The number of hydrogen-bond acceptors (Lipinski definition) is 3. The van der Waals surface area contributed by atoms with E-state index in [9.17, 15) is 18.9 Å². The number of carboxylic acid groups (broad SMARTS) is 1. The lowest BCUT2D eigenvalue weighted by molar-refractivity contribution is -0.149. The van der Waals surface area contributed by atoms with E-state index in [0.29, 0.717) is 43.4 Å². The van der Waals surface area contributed by atoms with Crippen molar-refractivity contribution in [1.82, 2.24) is 4.90 Å². The molecule has 1 unspecified atom stereocenters. The number of carboxylic acids is 1. The van der Waals surface area contributed by atoms with Gasteiger partial charge < -0.3 is 10.0 Å². The van der Waals surface area contributed by atoms with Gasteiger partial charge in [0.25, 0.3) is 0 Å². The van der Waals surface area contributed by atoms with E-state index in [1.807, 2.05) is 6.92 Å². The van der Waals surface area contributed by atoms with Crippen LogP contribution in [-0.2, 0) is 20.4 Å². The smallest absolute Gasteiger partial charge is 0.307 e. The molecule has 1 N–H and O–H groups in total. The SMILES string of the molecule is CCC1C[C@H](C(=O)N2CCS(=O)CC2)[C@H](C(=O)O)C1. The Kier molecular flexibility index (Phi) is 4.60. The van der Waals surface area contributed by atoms with Gasteiger partial charge in [0.2, 0.25) is 5.91 Å². The van der Waals surface area contributed by atoms with Gasteiger partial charge in [-0.25, -0.2) is 0 Å². The fourth-order valence-corrected chi connectivity index (χ4v) is 4.17. The third-order valence-electron chi connectivity index (χ3n) is 4.36. The van der Waals surface area contributed by atoms with E-state index in [-0.39, 0.29) is 11.8 Å². The van der Waals surface area contributed by atoms with E-state index in [4.69, 9.17) is 0 Å². The van der Waals surface area contributed by atoms with Gasteiger partial charge >= 0.3 is 5.97 Å². The summed E-state index contributed by atoms with van der Waals surface area (Å²) in [6, 6.07) is 0. The second-order valence-electron chi connectivity index (χ2n) is 5.47. The molecule has 1 heterocycles. The van der Waals surface area contributed by atoms with Crippen LogP contribution in [0.25, 0.3) is 0 Å². The summed E-state index contributed by atoms with van der Waals surface area (Å²) in [6.07, 6.45) is 2.23. The lowest BCUT2D eigenvalue weighted by Gasteiger charge is -2.30. The minimum Gasteiger partial charge on any atom is -0.481 e. The van der Waals surface area contributed by atoms with Crippen LogP contribution in [0.5, 0.6) is 0 Å². The molecule has 0 aromatic heterocycles. The van der Waals surface area contributed by atoms with Gasteiger partial charge in [-0.15, -0.1) is 0 Å². The van der Waals surface area contributed by atoms with Crippen molar-refractivity contribution in [1.29, 1.82) is 0 Å². The van der Waals surface area contributed by atoms with Crippen molar-refractivity contribution in [3.8, 4) is 0 Å². The summed E-state index contributed by atoms with van der Waals surface area (Å²) in [5.74, 6) is -0.427. The zero-order chi connectivity index (χ0) is 14.0. The number of carbonyl (C=O) groups excluding carboxylic acids is 1. The van der Waals surface area contributed by atoms with Crippen LogP contribution in [0.3, 0.4) is 0 Å². The number of nitrogens with zero attached hydrogens (tertiary/aromatic N) is 1. The second-order valence-corrected chi connectivity index (χ2v) is 7.17. The Morgan fingerprint density at radius 1 is 1.21 bits per heavy atom. The average molecular weight is 287 g/mol. The molecular formula is C13H21NO4S. The van der Waals surface area contributed by atoms with Crippen molar-refractivity contribution in [2.75, 3.05) is 24.6 Å². The highest BCUT2D eigenvalue weighted by molar-refractivity contribution is 7.85. The zero-order valence-corrected chi connectivity index (χ0v) is 12.0. The highest BCUT2D eigenvalue weighted by Crippen LogP contribution is 2.39. The Labute approximate surface area is 115 Å². The van der Waals surface area contributed by atoms with Crippen LogP contribution in [0.4, 0.5) is 0 Å². The molecule has 0 aromatic carbocycles. The zero-order valence-electron chi connectivity index (χ0n) is 11.2. The summed E-state index contributed by atoms with van der Waals surface area (Å²) in [4.78, 5) is 25.4. The molecule has 2 fully saturated rings. The van der Waals surface area contributed by atoms with Gasteiger partial charge in [-0.1, -0.05) is 13.3 Å². The highest BCUT2D eigenvalue weighted by Gasteiger charge is 2.43. The maximum atomic E-state index is 12.4. The molecule has 5 nitrogen and oxygen atoms in total. The Bertz CT molecular complexity index is 388. The summed E-state index contributed by atoms with van der Waals surface area (Å²) in [5, 5.41) is 9.27. The van der Waals surface area contributed by atoms with Crippen molar-refractivity contribution in [3.63, 3.8) is 0 Å². The summed E-state index contributed by atoms with van der Waals surface area (Å²) in [6.45, 7) is 3.05. The molecule has 0 radical (unpaired) electrons. The molecule has 1 saturated heterocycles. The molecule has 1 saturated carbocycles. The van der Waals surface area contributed by atoms with Crippen LogP contribution in [0.15, 0.2) is 0 Å². The number of carbonyl (C=O) groups is 2. The average Bonchev–Trinajstić information content (AvgIpc) is 2.83. The molecule has 19 heavy (non-hydrogen) atoms. The molecule has 1 amide bonds. The maximum Gasteiger partial charge on any atom is 0.307 e. The fraction of sp³-hybridized carbons (Fsp3) is 0.846. The van der Waals surface area contributed by atoms with Crippen molar-refractivity contribution < 1.29 is 18.9 Å². The maximum absolute atomic E-state index is 12.4. The van der Waals surface area contributed by atoms with Crippen LogP contribution < -0.4 is 0 Å². The van der Waals surface area contributed by atoms with E-state index in [1.54, 1.807) is 4.90 Å². The second kappa shape index (κ2) is 6.03. The van der Waals surface area contributed by atoms with Gasteiger partial charge in [0.05, 0.1) is 11.8 Å². The molecule has 2 aliphatic rings. The summed E-state index contributed by atoms with van der Waals surface area (Å²) in [7, 11) is -0.815. The largest absolute Gasteiger partial charge is 0.481 e. The molecule has 2 rings (SSSR count). The van der Waals surface area contributed by atoms with E-state index >= 15 is 0 Å². The van der Waals surface area contributed by atoms with Crippen LogP contribution in [0.2, 0.25) is 0 Å². The molecule has 3 atom stereocenters. The van der Waals surface area contributed by atoms with E-state index in [0.717, 1.165) is 6.42 Å². The first-order chi connectivity index (χ1) is 9.02. The molecule has 1 aliphatic heterocycles. The molecule has 108 valence electrons. The highest BCUT2D eigenvalue weighted by atomic mass is 32.2. The normalized spacial score (nSPS) is 32.5. The summed E-state index contributed by atoms with van der Waals surface area (Å²) < 4.78 is 11.3. The van der Waals surface area contributed by atoms with Crippen molar-refractivity contribution >= 4 is 22.7 Å². The van der Waals surface area contributed by atoms with Crippen LogP contribution in [0, 0.1) is 17.8 Å². The van der Waals surface area contributed by atoms with Gasteiger partial charge in [-0.2, -0.15) is 0 Å². The van der Waals surface area contributed by atoms with Crippen molar-refractivity contribution in [3.05, 3.63) is 0 Å². The molecular weight excluding hydrogens is 266 g/mol. The topological polar surface area (TPSA) is 74.7 Å². The predicted octanol–water partition coefficient (Wildman–Crippen LogP) is 0.714. The first kappa shape index (κ1) is 14.5. The van der Waals surface area contributed by atoms with Gasteiger partial charge in [0.1, 0.15) is 0 Å². The van der Waals surface area contributed by atoms with Gasteiger partial charge in [0, 0.05) is 35.4 Å². The molecule has 0 aromatic rings. The quantitative estimate of drug-likeness (QED) is 0.830. The van der Waals surface area contributed by atoms with Crippen LogP contribution in [-0.4, -0.2) is 50.7 Å². The molecule has 0 bridgehead atoms. The lowest BCUT2D eigenvalue weighted by atomic mass is 9.94. The predicted molar refractivity (Wildman–Crippen MR) is 72.1 cm³/mol. The van der Waals surface area contributed by atoms with Crippen LogP contribution in [0.1, 0.15) is 26.2 Å². The minimum absolute atomic E-state index is 0.0416. The molecule has 6 heteroatoms. The molecule has 1 aliphatic carbocycles. The monoisotopic (exact) mass is 287 g/mol. The fourth-order valence-electron chi connectivity index (χ4n) is 3.11. The minimum atomic E-state index is -0.852. The number of amides is 1. The lowest BCUT2D eigenvalue weighted by Crippen LogP contribution is -2.46. The van der Waals surface area contributed by atoms with E-state index in [2.05, 4.69) is 0 Å². The van der Waals surface area contributed by atoms with Crippen LogP contribution >= 0.6 is 0 Å². The van der Waals surface area contributed by atoms with Crippen molar-refractivity contribution in [2.24, 2.45) is 17.8 Å². The molecule has 0 spiro atoms. The standard InChI is InChI=1S/C13H21NO4S/c1-2-9-7-10(11(8-9)13(16)17)12(15)14-3-5-19(18)6-4-14/h9-11H,2-8H2,1H3,(H,16,17)/t9?,10-,11+/m0/s1. The first-order valence-corrected chi connectivity index (χ1v) is 8.38. The number of hydrogen-bond donors (Lipinski definition) is 1. The Morgan fingerprint density at radius 3 is 2.32 bits per heavy atom. The number of rotatable bonds is 3. The van der Waals surface area contributed by atoms with Crippen molar-refractivity contribution in [2.45, 2.75) is 26.2 Å². The number of aliphatic carboxylic acids is 1. The third kappa shape index (κ3) is 3.16. The van der Waals surface area contributed by atoms with Gasteiger partial charge in [-0.3, -0.25) is 13.8 Å². The third-order valence-corrected chi connectivity index (χ3v) is 5.64.